The Kier molecular flexibility index (Phi) is 9.07. The maximum atomic E-state index is 11.3. The van der Waals surface area contributed by atoms with Crippen molar-refractivity contribution < 1.29 is 28.6 Å². The van der Waals surface area contributed by atoms with E-state index in [1.807, 2.05) is 0 Å². The van der Waals surface area contributed by atoms with Crippen molar-refractivity contribution in [3.63, 3.8) is 0 Å². The van der Waals surface area contributed by atoms with Crippen LogP contribution >= 0.6 is 0 Å². The summed E-state index contributed by atoms with van der Waals surface area (Å²) in [5, 5.41) is 2.35. The van der Waals surface area contributed by atoms with Crippen LogP contribution in [-0.2, 0) is 28.6 Å². The summed E-state index contributed by atoms with van der Waals surface area (Å²) in [5.41, 5.74) is 0. The number of nitrogens with one attached hydrogen (secondary N) is 1. The highest BCUT2D eigenvalue weighted by atomic mass is 16.6. The minimum Gasteiger partial charge on any atom is -0.462 e. The monoisotopic (exact) mass is 273 g/mol. The van der Waals surface area contributed by atoms with E-state index in [4.69, 9.17) is 9.47 Å². The predicted molar refractivity (Wildman–Crippen MR) is 66.2 cm³/mol. The van der Waals surface area contributed by atoms with E-state index in [2.05, 4.69) is 16.6 Å². The van der Waals surface area contributed by atoms with Crippen LogP contribution in [0.5, 0.6) is 0 Å². The number of esters is 2. The molecule has 108 valence electrons. The predicted octanol–water partition coefficient (Wildman–Crippen LogP) is -0.200. The normalized spacial score (nSPS) is 11.3. The maximum Gasteiger partial charge on any atom is 0.330 e. The number of hydrogen-bond donors (Lipinski definition) is 1. The number of carbonyl (C=O) groups is 3. The standard InChI is InChI=1S/C12H19NO6/c1-4-11(15)18-6-5-10(14)13-7-12(16)19-9(2)8-17-3/h4,9H,1,5-8H2,2-3H3,(H,13,14). The van der Waals surface area contributed by atoms with E-state index >= 15 is 0 Å². The summed E-state index contributed by atoms with van der Waals surface area (Å²) in [6.07, 6.45) is 0.607. The van der Waals surface area contributed by atoms with Crippen molar-refractivity contribution in [1.82, 2.24) is 5.32 Å². The summed E-state index contributed by atoms with van der Waals surface area (Å²) in [5.74, 6) is -1.56. The molecule has 19 heavy (non-hydrogen) atoms. The molecule has 1 amide bonds. The highest BCUT2D eigenvalue weighted by Crippen LogP contribution is 1.92. The lowest BCUT2D eigenvalue weighted by molar-refractivity contribution is -0.150. The molecule has 7 nitrogen and oxygen atoms in total. The van der Waals surface area contributed by atoms with E-state index in [1.165, 1.54) is 7.11 Å². The van der Waals surface area contributed by atoms with E-state index in [0.717, 1.165) is 6.08 Å². The molecule has 0 rings (SSSR count). The molecule has 0 aliphatic heterocycles. The van der Waals surface area contributed by atoms with Crippen molar-refractivity contribution in [2.24, 2.45) is 0 Å². The molecule has 7 heteroatoms. The number of amides is 1. The Labute approximate surface area is 111 Å². The fraction of sp³-hybridized carbons (Fsp3) is 0.583. The molecule has 1 atom stereocenters. The van der Waals surface area contributed by atoms with Crippen molar-refractivity contribution in [3.05, 3.63) is 12.7 Å². The number of rotatable bonds is 9. The van der Waals surface area contributed by atoms with Crippen LogP contribution in [0.25, 0.3) is 0 Å². The first-order valence-electron chi connectivity index (χ1n) is 5.74. The van der Waals surface area contributed by atoms with Gasteiger partial charge in [-0.05, 0) is 6.92 Å². The first kappa shape index (κ1) is 17.1. The zero-order valence-electron chi connectivity index (χ0n) is 11.1. The van der Waals surface area contributed by atoms with Gasteiger partial charge in [-0.3, -0.25) is 9.59 Å². The second kappa shape index (κ2) is 10.1. The number of ether oxygens (including phenoxy) is 3. The molecule has 0 fully saturated rings. The fourth-order valence-electron chi connectivity index (χ4n) is 1.10. The Balaban J connectivity index is 3.69. The molecule has 1 N–H and O–H groups in total. The molecular formula is C12H19NO6. The Hall–Kier alpha value is -1.89. The molecule has 1 unspecified atom stereocenters. The van der Waals surface area contributed by atoms with Gasteiger partial charge in [0.1, 0.15) is 19.3 Å². The van der Waals surface area contributed by atoms with Gasteiger partial charge in [-0.1, -0.05) is 6.58 Å². The van der Waals surface area contributed by atoms with Crippen molar-refractivity contribution >= 4 is 17.8 Å². The molecule has 0 saturated heterocycles. The minimum atomic E-state index is -0.597. The van der Waals surface area contributed by atoms with E-state index in [0.29, 0.717) is 0 Å². The van der Waals surface area contributed by atoms with Gasteiger partial charge in [0.25, 0.3) is 0 Å². The van der Waals surface area contributed by atoms with Gasteiger partial charge in [0.2, 0.25) is 5.91 Å². The SMILES string of the molecule is C=CC(=O)OCCC(=O)NCC(=O)OC(C)COC. The Morgan fingerprint density at radius 2 is 2.05 bits per heavy atom. The average molecular weight is 273 g/mol. The topological polar surface area (TPSA) is 90.9 Å². The third-order valence-corrected chi connectivity index (χ3v) is 1.90. The minimum absolute atomic E-state index is 0.0273. The third-order valence-electron chi connectivity index (χ3n) is 1.90. The van der Waals surface area contributed by atoms with Gasteiger partial charge in [-0.2, -0.15) is 0 Å². The zero-order valence-corrected chi connectivity index (χ0v) is 11.1. The van der Waals surface area contributed by atoms with Crippen molar-refractivity contribution in [1.29, 1.82) is 0 Å². The molecule has 0 spiro atoms. The smallest absolute Gasteiger partial charge is 0.330 e. The molecule has 0 heterocycles. The summed E-state index contributed by atoms with van der Waals surface area (Å²) >= 11 is 0. The van der Waals surface area contributed by atoms with Crippen LogP contribution in [0.15, 0.2) is 12.7 Å². The van der Waals surface area contributed by atoms with Crippen LogP contribution in [0.3, 0.4) is 0 Å². The van der Waals surface area contributed by atoms with Gasteiger partial charge in [-0.15, -0.1) is 0 Å². The van der Waals surface area contributed by atoms with Gasteiger partial charge in [0.15, 0.2) is 0 Å². The molecule has 0 bridgehead atoms. The van der Waals surface area contributed by atoms with E-state index < -0.39 is 17.8 Å². The first-order valence-corrected chi connectivity index (χ1v) is 5.74. The number of hydrogen-bond acceptors (Lipinski definition) is 6. The number of methoxy groups -OCH3 is 1. The van der Waals surface area contributed by atoms with Crippen LogP contribution in [0, 0.1) is 0 Å². The van der Waals surface area contributed by atoms with Crippen LogP contribution in [-0.4, -0.2) is 50.8 Å². The number of carbonyl (C=O) groups excluding carboxylic acids is 3. The lowest BCUT2D eigenvalue weighted by Crippen LogP contribution is -2.33. The summed E-state index contributed by atoms with van der Waals surface area (Å²) in [4.78, 5) is 33.2. The van der Waals surface area contributed by atoms with Crippen molar-refractivity contribution in [3.8, 4) is 0 Å². The second-order valence-corrected chi connectivity index (χ2v) is 3.65. The van der Waals surface area contributed by atoms with E-state index in [-0.39, 0.29) is 32.3 Å². The summed E-state index contributed by atoms with van der Waals surface area (Å²) in [7, 11) is 1.50. The van der Waals surface area contributed by atoms with E-state index in [9.17, 15) is 14.4 Å². The average Bonchev–Trinajstić information content (AvgIpc) is 2.36. The Morgan fingerprint density at radius 3 is 2.63 bits per heavy atom. The summed E-state index contributed by atoms with van der Waals surface area (Å²) in [6, 6.07) is 0. The Bertz CT molecular complexity index is 328. The molecular weight excluding hydrogens is 254 g/mol. The van der Waals surface area contributed by atoms with Gasteiger partial charge in [-0.25, -0.2) is 4.79 Å². The van der Waals surface area contributed by atoms with Crippen LogP contribution in [0.4, 0.5) is 0 Å². The van der Waals surface area contributed by atoms with E-state index in [1.54, 1.807) is 6.92 Å². The molecule has 0 aliphatic rings. The lowest BCUT2D eigenvalue weighted by atomic mass is 10.4. The van der Waals surface area contributed by atoms with Gasteiger partial charge < -0.3 is 19.5 Å². The molecule has 0 radical (unpaired) electrons. The molecule has 0 saturated carbocycles. The van der Waals surface area contributed by atoms with Crippen LogP contribution in [0.1, 0.15) is 13.3 Å². The first-order chi connectivity index (χ1) is 8.99. The van der Waals surface area contributed by atoms with Crippen molar-refractivity contribution in [2.75, 3.05) is 26.9 Å². The zero-order chi connectivity index (χ0) is 14.7. The largest absolute Gasteiger partial charge is 0.462 e. The van der Waals surface area contributed by atoms with Crippen LogP contribution in [0.2, 0.25) is 0 Å². The molecule has 0 aromatic heterocycles. The maximum absolute atomic E-state index is 11.3. The fourth-order valence-corrected chi connectivity index (χ4v) is 1.10. The van der Waals surface area contributed by atoms with Gasteiger partial charge >= 0.3 is 11.9 Å². The highest BCUT2D eigenvalue weighted by molar-refractivity contribution is 5.83. The van der Waals surface area contributed by atoms with Gasteiger partial charge in [0, 0.05) is 13.2 Å². The second-order valence-electron chi connectivity index (χ2n) is 3.65. The molecule has 0 aromatic rings. The third kappa shape index (κ3) is 9.78. The van der Waals surface area contributed by atoms with Crippen LogP contribution < -0.4 is 5.32 Å². The summed E-state index contributed by atoms with van der Waals surface area (Å²) < 4.78 is 14.3. The molecule has 0 aliphatic carbocycles. The van der Waals surface area contributed by atoms with Gasteiger partial charge in [0.05, 0.1) is 13.0 Å². The quantitative estimate of drug-likeness (QED) is 0.462. The van der Waals surface area contributed by atoms with Crippen molar-refractivity contribution in [2.45, 2.75) is 19.4 Å². The lowest BCUT2D eigenvalue weighted by Gasteiger charge is -2.12. The molecule has 0 aromatic carbocycles. The highest BCUT2D eigenvalue weighted by Gasteiger charge is 2.11. The Morgan fingerprint density at radius 1 is 1.37 bits per heavy atom. The summed E-state index contributed by atoms with van der Waals surface area (Å²) in [6.45, 7) is 4.88.